The fourth-order valence-corrected chi connectivity index (χ4v) is 2.21. The molecule has 0 radical (unpaired) electrons. The van der Waals surface area contributed by atoms with Crippen LogP contribution in [0.1, 0.15) is 12.5 Å². The first-order valence-electron chi connectivity index (χ1n) is 6.61. The van der Waals surface area contributed by atoms with Crippen LogP contribution in [-0.2, 0) is 6.42 Å². The molecule has 0 unspecified atom stereocenters. The van der Waals surface area contributed by atoms with Gasteiger partial charge in [-0.25, -0.2) is 9.97 Å². The molecule has 0 aliphatic carbocycles. The van der Waals surface area contributed by atoms with Gasteiger partial charge in [-0.05, 0) is 36.2 Å². The van der Waals surface area contributed by atoms with Gasteiger partial charge in [-0.2, -0.15) is 0 Å². The number of hydrogen-bond acceptors (Lipinski definition) is 3. The molecule has 4 nitrogen and oxygen atoms in total. The van der Waals surface area contributed by atoms with Crippen molar-refractivity contribution in [2.75, 3.05) is 5.73 Å². The maximum absolute atomic E-state index is 5.75. The Morgan fingerprint density at radius 1 is 1.15 bits per heavy atom. The van der Waals surface area contributed by atoms with Crippen LogP contribution in [0.5, 0.6) is 0 Å². The molecule has 2 N–H and O–H groups in total. The Labute approximate surface area is 117 Å². The topological polar surface area (TPSA) is 56.7 Å². The van der Waals surface area contributed by atoms with Crippen LogP contribution in [0, 0.1) is 0 Å². The summed E-state index contributed by atoms with van der Waals surface area (Å²) in [6.45, 7) is 2.15. The van der Waals surface area contributed by atoms with Crippen molar-refractivity contribution in [3.8, 4) is 16.9 Å². The highest BCUT2D eigenvalue weighted by atomic mass is 15.0. The van der Waals surface area contributed by atoms with Crippen molar-refractivity contribution < 1.29 is 0 Å². The third-order valence-corrected chi connectivity index (χ3v) is 3.34. The summed E-state index contributed by atoms with van der Waals surface area (Å²) >= 11 is 0. The largest absolute Gasteiger partial charge is 0.384 e. The van der Waals surface area contributed by atoms with Crippen LogP contribution >= 0.6 is 0 Å². The molecular weight excluding hydrogens is 248 g/mol. The van der Waals surface area contributed by atoms with Gasteiger partial charge in [0.15, 0.2) is 0 Å². The van der Waals surface area contributed by atoms with Gasteiger partial charge in [-0.15, -0.1) is 0 Å². The highest BCUT2D eigenvalue weighted by Crippen LogP contribution is 2.23. The molecule has 0 saturated heterocycles. The molecule has 0 aliphatic rings. The van der Waals surface area contributed by atoms with E-state index in [2.05, 4.69) is 41.2 Å². The van der Waals surface area contributed by atoms with Gasteiger partial charge in [0.25, 0.3) is 0 Å². The number of aryl methyl sites for hydroxylation is 1. The molecular formula is C16H16N4. The van der Waals surface area contributed by atoms with Crippen molar-refractivity contribution in [2.24, 2.45) is 0 Å². The number of hydrogen-bond donors (Lipinski definition) is 1. The lowest BCUT2D eigenvalue weighted by Crippen LogP contribution is -1.97. The quantitative estimate of drug-likeness (QED) is 0.791. The molecule has 2 heterocycles. The summed E-state index contributed by atoms with van der Waals surface area (Å²) in [6, 6.07) is 12.3. The molecule has 1 aromatic carbocycles. The number of pyridine rings is 1. The maximum atomic E-state index is 5.75. The summed E-state index contributed by atoms with van der Waals surface area (Å²) in [5, 5.41) is 0. The Hall–Kier alpha value is -2.62. The Morgan fingerprint density at radius 3 is 2.65 bits per heavy atom. The van der Waals surface area contributed by atoms with E-state index in [9.17, 15) is 0 Å². The summed E-state index contributed by atoms with van der Waals surface area (Å²) < 4.78 is 2.05. The van der Waals surface area contributed by atoms with Crippen molar-refractivity contribution in [3.05, 3.63) is 60.7 Å². The Kier molecular flexibility index (Phi) is 3.21. The minimum absolute atomic E-state index is 0.511. The fourth-order valence-electron chi connectivity index (χ4n) is 2.21. The molecule has 3 rings (SSSR count). The molecule has 0 saturated carbocycles. The number of imidazole rings is 1. The molecule has 0 amide bonds. The normalized spacial score (nSPS) is 10.7. The second-order valence-corrected chi connectivity index (χ2v) is 4.64. The third kappa shape index (κ3) is 2.28. The molecule has 4 heteroatoms. The first kappa shape index (κ1) is 12.4. The molecule has 0 bridgehead atoms. The Balaban J connectivity index is 2.05. The molecule has 20 heavy (non-hydrogen) atoms. The Bertz CT molecular complexity index is 713. The van der Waals surface area contributed by atoms with Crippen LogP contribution < -0.4 is 5.73 Å². The second-order valence-electron chi connectivity index (χ2n) is 4.64. The third-order valence-electron chi connectivity index (χ3n) is 3.34. The highest BCUT2D eigenvalue weighted by molar-refractivity contribution is 5.64. The van der Waals surface area contributed by atoms with Crippen molar-refractivity contribution >= 4 is 5.82 Å². The lowest BCUT2D eigenvalue weighted by atomic mass is 10.1. The minimum Gasteiger partial charge on any atom is -0.384 e. The SMILES string of the molecule is CCc1ccc(-n2cncc2-c2ccnc(N)c2)cc1. The fraction of sp³-hybridized carbons (Fsp3) is 0.125. The monoisotopic (exact) mass is 264 g/mol. The maximum Gasteiger partial charge on any atom is 0.123 e. The van der Waals surface area contributed by atoms with Gasteiger partial charge in [0.1, 0.15) is 5.82 Å². The van der Waals surface area contributed by atoms with E-state index in [1.165, 1.54) is 5.56 Å². The number of rotatable bonds is 3. The molecule has 0 fully saturated rings. The molecule has 0 atom stereocenters. The molecule has 2 aromatic heterocycles. The first-order chi connectivity index (χ1) is 9.78. The number of nitrogens with two attached hydrogens (primary N) is 1. The van der Waals surface area contributed by atoms with E-state index >= 15 is 0 Å². The van der Waals surface area contributed by atoms with E-state index in [1.807, 2.05) is 29.2 Å². The van der Waals surface area contributed by atoms with Gasteiger partial charge in [0, 0.05) is 17.4 Å². The number of aromatic nitrogens is 3. The average molecular weight is 264 g/mol. The number of nitrogens with zero attached hydrogens (tertiary/aromatic N) is 3. The van der Waals surface area contributed by atoms with Gasteiger partial charge < -0.3 is 5.73 Å². The van der Waals surface area contributed by atoms with Crippen LogP contribution in [0.15, 0.2) is 55.1 Å². The zero-order valence-corrected chi connectivity index (χ0v) is 11.3. The van der Waals surface area contributed by atoms with Gasteiger partial charge in [0.2, 0.25) is 0 Å². The van der Waals surface area contributed by atoms with E-state index in [4.69, 9.17) is 5.73 Å². The predicted octanol–water partition coefficient (Wildman–Crippen LogP) is 3.08. The lowest BCUT2D eigenvalue weighted by Gasteiger charge is -2.09. The van der Waals surface area contributed by atoms with E-state index in [-0.39, 0.29) is 0 Å². The predicted molar refractivity (Wildman–Crippen MR) is 80.6 cm³/mol. The number of anilines is 1. The van der Waals surface area contributed by atoms with E-state index in [0.29, 0.717) is 5.82 Å². The lowest BCUT2D eigenvalue weighted by molar-refractivity contribution is 1.05. The molecule has 100 valence electrons. The van der Waals surface area contributed by atoms with Crippen LogP contribution in [0.3, 0.4) is 0 Å². The zero-order chi connectivity index (χ0) is 13.9. The summed E-state index contributed by atoms with van der Waals surface area (Å²) in [7, 11) is 0. The average Bonchev–Trinajstić information content (AvgIpc) is 2.97. The van der Waals surface area contributed by atoms with Crippen LogP contribution in [0.4, 0.5) is 5.82 Å². The highest BCUT2D eigenvalue weighted by Gasteiger charge is 2.07. The van der Waals surface area contributed by atoms with E-state index in [0.717, 1.165) is 23.4 Å². The molecule has 0 spiro atoms. The van der Waals surface area contributed by atoms with Crippen LogP contribution in [0.25, 0.3) is 16.9 Å². The zero-order valence-electron chi connectivity index (χ0n) is 11.3. The smallest absolute Gasteiger partial charge is 0.123 e. The summed E-state index contributed by atoms with van der Waals surface area (Å²) in [5.74, 6) is 0.511. The number of benzene rings is 1. The van der Waals surface area contributed by atoms with E-state index in [1.54, 1.807) is 6.20 Å². The summed E-state index contributed by atoms with van der Waals surface area (Å²) in [6.07, 6.45) is 6.40. The van der Waals surface area contributed by atoms with Crippen molar-refractivity contribution in [3.63, 3.8) is 0 Å². The van der Waals surface area contributed by atoms with Gasteiger partial charge in [0.05, 0.1) is 18.2 Å². The van der Waals surface area contributed by atoms with Gasteiger partial charge >= 0.3 is 0 Å². The second kappa shape index (κ2) is 5.17. The first-order valence-corrected chi connectivity index (χ1v) is 6.61. The van der Waals surface area contributed by atoms with Crippen molar-refractivity contribution in [1.29, 1.82) is 0 Å². The molecule has 0 aliphatic heterocycles. The van der Waals surface area contributed by atoms with Gasteiger partial charge in [-0.3, -0.25) is 4.57 Å². The van der Waals surface area contributed by atoms with Crippen molar-refractivity contribution in [2.45, 2.75) is 13.3 Å². The summed E-state index contributed by atoms with van der Waals surface area (Å²) in [4.78, 5) is 8.27. The number of nitrogen functional groups attached to an aromatic ring is 1. The van der Waals surface area contributed by atoms with Gasteiger partial charge in [-0.1, -0.05) is 19.1 Å². The standard InChI is InChI=1S/C16H16N4/c1-2-12-3-5-14(6-4-12)20-11-18-10-15(20)13-7-8-19-16(17)9-13/h3-11H,2H2,1H3,(H2,17,19). The van der Waals surface area contributed by atoms with Crippen LogP contribution in [-0.4, -0.2) is 14.5 Å². The van der Waals surface area contributed by atoms with Crippen molar-refractivity contribution in [1.82, 2.24) is 14.5 Å². The summed E-state index contributed by atoms with van der Waals surface area (Å²) in [5.41, 5.74) is 10.2. The molecule has 3 aromatic rings. The minimum atomic E-state index is 0.511. The Morgan fingerprint density at radius 2 is 1.95 bits per heavy atom. The van der Waals surface area contributed by atoms with Crippen LogP contribution in [0.2, 0.25) is 0 Å². The van der Waals surface area contributed by atoms with E-state index < -0.39 is 0 Å².